The lowest BCUT2D eigenvalue weighted by molar-refractivity contribution is -0.140. The molecule has 0 bridgehead atoms. The highest BCUT2D eigenvalue weighted by Crippen LogP contribution is 2.38. The van der Waals surface area contributed by atoms with Crippen LogP contribution in [0.3, 0.4) is 0 Å². The topological polar surface area (TPSA) is 73.6 Å². The molecule has 6 heteroatoms. The molecule has 21 heavy (non-hydrogen) atoms. The number of benzene rings is 1. The average Bonchev–Trinajstić information content (AvgIpc) is 3.01. The summed E-state index contributed by atoms with van der Waals surface area (Å²) in [6.45, 7) is 6.07. The van der Waals surface area contributed by atoms with Crippen molar-refractivity contribution in [3.8, 4) is 11.5 Å². The standard InChI is InChI=1S/C15H18N2O4/c1-4-10(15(18)19)17-11-6-13-12(20-7-21-13)5-9(11)16-14(17)8(2)3/h5-6,8,10H,4,7H2,1-3H3,(H,18,19). The quantitative estimate of drug-likeness (QED) is 0.937. The second-order valence-electron chi connectivity index (χ2n) is 5.45. The van der Waals surface area contributed by atoms with Gasteiger partial charge in [-0.25, -0.2) is 9.78 Å². The number of carboxylic acid groups (broad SMARTS) is 1. The van der Waals surface area contributed by atoms with E-state index in [-0.39, 0.29) is 12.7 Å². The third kappa shape index (κ3) is 2.11. The first-order valence-corrected chi connectivity index (χ1v) is 7.07. The number of carboxylic acids is 1. The molecule has 2 aromatic rings. The zero-order valence-corrected chi connectivity index (χ0v) is 12.3. The number of nitrogens with zero attached hydrogens (tertiary/aromatic N) is 2. The number of rotatable bonds is 4. The maximum atomic E-state index is 11.6. The van der Waals surface area contributed by atoms with Crippen molar-refractivity contribution in [3.05, 3.63) is 18.0 Å². The molecule has 1 unspecified atom stereocenters. The maximum absolute atomic E-state index is 11.6. The summed E-state index contributed by atoms with van der Waals surface area (Å²) in [4.78, 5) is 16.2. The second-order valence-corrected chi connectivity index (χ2v) is 5.45. The first kappa shape index (κ1) is 13.7. The van der Waals surface area contributed by atoms with Gasteiger partial charge in [0.1, 0.15) is 11.9 Å². The molecule has 2 heterocycles. The smallest absolute Gasteiger partial charge is 0.326 e. The molecular weight excluding hydrogens is 272 g/mol. The number of imidazole rings is 1. The summed E-state index contributed by atoms with van der Waals surface area (Å²) >= 11 is 0. The minimum absolute atomic E-state index is 0.127. The molecule has 0 radical (unpaired) electrons. The number of hydrogen-bond donors (Lipinski definition) is 1. The van der Waals surface area contributed by atoms with Gasteiger partial charge < -0.3 is 19.1 Å². The van der Waals surface area contributed by atoms with E-state index in [1.54, 1.807) is 0 Å². The normalized spacial score (nSPS) is 14.9. The second kappa shape index (κ2) is 4.95. The minimum atomic E-state index is -0.851. The summed E-state index contributed by atoms with van der Waals surface area (Å²) < 4.78 is 12.6. The van der Waals surface area contributed by atoms with Gasteiger partial charge >= 0.3 is 5.97 Å². The number of ether oxygens (including phenoxy) is 2. The van der Waals surface area contributed by atoms with E-state index in [0.717, 1.165) is 16.9 Å². The van der Waals surface area contributed by atoms with Crippen LogP contribution in [0.5, 0.6) is 11.5 Å². The largest absolute Gasteiger partial charge is 0.480 e. The summed E-state index contributed by atoms with van der Waals surface area (Å²) in [6.07, 6.45) is 0.495. The maximum Gasteiger partial charge on any atom is 0.326 e. The summed E-state index contributed by atoms with van der Waals surface area (Å²) in [5.41, 5.74) is 1.51. The van der Waals surface area contributed by atoms with Crippen molar-refractivity contribution < 1.29 is 19.4 Å². The van der Waals surface area contributed by atoms with Gasteiger partial charge in [-0.05, 0) is 6.42 Å². The molecular formula is C15H18N2O4. The van der Waals surface area contributed by atoms with Crippen LogP contribution >= 0.6 is 0 Å². The Kier molecular flexibility index (Phi) is 3.23. The Morgan fingerprint density at radius 3 is 2.62 bits per heavy atom. The number of carbonyl (C=O) groups is 1. The predicted octanol–water partition coefficient (Wildman–Crippen LogP) is 2.92. The van der Waals surface area contributed by atoms with Gasteiger partial charge in [0.2, 0.25) is 6.79 Å². The van der Waals surface area contributed by atoms with E-state index in [4.69, 9.17) is 9.47 Å². The van der Waals surface area contributed by atoms with Gasteiger partial charge in [0.15, 0.2) is 11.5 Å². The van der Waals surface area contributed by atoms with E-state index in [2.05, 4.69) is 4.98 Å². The number of aliphatic carboxylic acids is 1. The zero-order valence-electron chi connectivity index (χ0n) is 12.3. The molecule has 1 aliphatic heterocycles. The average molecular weight is 290 g/mol. The molecule has 0 aliphatic carbocycles. The van der Waals surface area contributed by atoms with E-state index in [0.29, 0.717) is 17.9 Å². The summed E-state index contributed by atoms with van der Waals surface area (Å²) in [5, 5.41) is 9.50. The summed E-state index contributed by atoms with van der Waals surface area (Å²) in [7, 11) is 0. The molecule has 0 spiro atoms. The summed E-state index contributed by atoms with van der Waals surface area (Å²) in [5.74, 6) is 1.34. The van der Waals surface area contributed by atoms with Crippen molar-refractivity contribution in [2.24, 2.45) is 0 Å². The fourth-order valence-electron chi connectivity index (χ4n) is 2.71. The van der Waals surface area contributed by atoms with Gasteiger partial charge in [0.25, 0.3) is 0 Å². The Hall–Kier alpha value is -2.24. The predicted molar refractivity (Wildman–Crippen MR) is 76.9 cm³/mol. The van der Waals surface area contributed by atoms with E-state index < -0.39 is 12.0 Å². The molecule has 1 aromatic carbocycles. The van der Waals surface area contributed by atoms with E-state index in [1.807, 2.05) is 37.5 Å². The Morgan fingerprint density at radius 1 is 1.38 bits per heavy atom. The van der Waals surface area contributed by atoms with E-state index in [1.165, 1.54) is 0 Å². The molecule has 0 amide bonds. The zero-order chi connectivity index (χ0) is 15.1. The van der Waals surface area contributed by atoms with Crippen molar-refractivity contribution in [1.29, 1.82) is 0 Å². The first-order valence-electron chi connectivity index (χ1n) is 7.07. The van der Waals surface area contributed by atoms with Crippen LogP contribution in [0, 0.1) is 0 Å². The Labute approximate surface area is 122 Å². The van der Waals surface area contributed by atoms with E-state index in [9.17, 15) is 9.90 Å². The van der Waals surface area contributed by atoms with Crippen molar-refractivity contribution in [2.45, 2.75) is 39.2 Å². The molecule has 1 N–H and O–H groups in total. The summed E-state index contributed by atoms with van der Waals surface area (Å²) in [6, 6.07) is 3.00. The van der Waals surface area contributed by atoms with Gasteiger partial charge in [0.05, 0.1) is 11.0 Å². The molecule has 112 valence electrons. The van der Waals surface area contributed by atoms with Gasteiger partial charge in [-0.3, -0.25) is 0 Å². The molecule has 3 rings (SSSR count). The van der Waals surface area contributed by atoms with Crippen LogP contribution in [-0.4, -0.2) is 27.4 Å². The van der Waals surface area contributed by atoms with Crippen molar-refractivity contribution >= 4 is 17.0 Å². The molecule has 1 aromatic heterocycles. The SMILES string of the molecule is CCC(C(=O)O)n1c(C(C)C)nc2cc3c(cc21)OCO3. The number of fused-ring (bicyclic) bond motifs is 2. The lowest BCUT2D eigenvalue weighted by atomic mass is 10.1. The molecule has 6 nitrogen and oxygen atoms in total. The number of aromatic nitrogens is 2. The molecule has 0 saturated carbocycles. The van der Waals surface area contributed by atoms with Crippen LogP contribution in [0.4, 0.5) is 0 Å². The van der Waals surface area contributed by atoms with Gasteiger partial charge in [-0.15, -0.1) is 0 Å². The van der Waals surface area contributed by atoms with Gasteiger partial charge in [-0.1, -0.05) is 20.8 Å². The van der Waals surface area contributed by atoms with Crippen LogP contribution in [0.25, 0.3) is 11.0 Å². The molecule has 1 atom stereocenters. The highest BCUT2D eigenvalue weighted by molar-refractivity contribution is 5.83. The van der Waals surface area contributed by atoms with Crippen molar-refractivity contribution in [2.75, 3.05) is 6.79 Å². The van der Waals surface area contributed by atoms with E-state index >= 15 is 0 Å². The lowest BCUT2D eigenvalue weighted by Crippen LogP contribution is -2.20. The highest BCUT2D eigenvalue weighted by atomic mass is 16.7. The third-order valence-electron chi connectivity index (χ3n) is 3.71. The van der Waals surface area contributed by atoms with Crippen LogP contribution in [0.1, 0.15) is 45.0 Å². The van der Waals surface area contributed by atoms with Crippen molar-refractivity contribution in [1.82, 2.24) is 9.55 Å². The van der Waals surface area contributed by atoms with Crippen LogP contribution < -0.4 is 9.47 Å². The minimum Gasteiger partial charge on any atom is -0.480 e. The highest BCUT2D eigenvalue weighted by Gasteiger charge is 2.27. The molecule has 1 aliphatic rings. The molecule has 0 saturated heterocycles. The molecule has 0 fully saturated rings. The van der Waals surface area contributed by atoms with Gasteiger partial charge in [-0.2, -0.15) is 0 Å². The van der Waals surface area contributed by atoms with Crippen LogP contribution in [0.15, 0.2) is 12.1 Å². The number of hydrogen-bond acceptors (Lipinski definition) is 4. The Balaban J connectivity index is 2.28. The third-order valence-corrected chi connectivity index (χ3v) is 3.71. The Morgan fingerprint density at radius 2 is 2.05 bits per heavy atom. The monoisotopic (exact) mass is 290 g/mol. The van der Waals surface area contributed by atoms with Crippen LogP contribution in [0.2, 0.25) is 0 Å². The Bertz CT molecular complexity index is 705. The first-order chi connectivity index (χ1) is 10.0. The van der Waals surface area contributed by atoms with Crippen LogP contribution in [-0.2, 0) is 4.79 Å². The fourth-order valence-corrected chi connectivity index (χ4v) is 2.71. The van der Waals surface area contributed by atoms with Crippen molar-refractivity contribution in [3.63, 3.8) is 0 Å². The fraction of sp³-hybridized carbons (Fsp3) is 0.467. The van der Waals surface area contributed by atoms with Gasteiger partial charge in [0, 0.05) is 18.1 Å². The lowest BCUT2D eigenvalue weighted by Gasteiger charge is -2.18.